The Kier molecular flexibility index (Phi) is 7.30. The fourth-order valence-corrected chi connectivity index (χ4v) is 4.86. The predicted molar refractivity (Wildman–Crippen MR) is 135 cm³/mol. The zero-order valence-corrected chi connectivity index (χ0v) is 20.3. The summed E-state index contributed by atoms with van der Waals surface area (Å²) in [5.41, 5.74) is 3.93. The molecule has 1 amide bonds. The Morgan fingerprint density at radius 2 is 1.81 bits per heavy atom. The van der Waals surface area contributed by atoms with Gasteiger partial charge in [-0.1, -0.05) is 42.5 Å². The third-order valence-corrected chi connectivity index (χ3v) is 6.86. The Morgan fingerprint density at radius 1 is 1.06 bits per heavy atom. The highest BCUT2D eigenvalue weighted by Crippen LogP contribution is 2.31. The van der Waals surface area contributed by atoms with Crippen LogP contribution in [0.25, 0.3) is 0 Å². The number of morpholine rings is 1. The van der Waals surface area contributed by atoms with Crippen LogP contribution in [0.4, 0.5) is 0 Å². The fraction of sp³-hybridized carbons (Fsp3) is 0.310. The number of fused-ring (bicyclic) bond motifs is 1. The van der Waals surface area contributed by atoms with Crippen molar-refractivity contribution in [2.45, 2.75) is 18.6 Å². The van der Waals surface area contributed by atoms with E-state index in [2.05, 4.69) is 10.2 Å². The lowest BCUT2D eigenvalue weighted by atomic mass is 9.93. The molecular weight excluding hydrogens is 456 g/mol. The number of hydrogen-bond acceptors (Lipinski definition) is 6. The normalized spacial score (nSPS) is 18.6. The number of cyclic esters (lactones) is 1. The van der Waals surface area contributed by atoms with E-state index in [4.69, 9.17) is 14.2 Å². The van der Waals surface area contributed by atoms with Crippen LogP contribution in [0, 0.1) is 0 Å². The lowest BCUT2D eigenvalue weighted by Crippen LogP contribution is -2.43. The van der Waals surface area contributed by atoms with E-state index in [1.54, 1.807) is 19.2 Å². The number of methoxy groups -OCH3 is 1. The molecule has 1 N–H and O–H groups in total. The maximum absolute atomic E-state index is 13.2. The van der Waals surface area contributed by atoms with E-state index in [0.29, 0.717) is 37.3 Å². The molecule has 2 aliphatic rings. The van der Waals surface area contributed by atoms with Gasteiger partial charge in [-0.2, -0.15) is 0 Å². The van der Waals surface area contributed by atoms with E-state index in [0.717, 1.165) is 35.5 Å². The van der Waals surface area contributed by atoms with Gasteiger partial charge in [-0.15, -0.1) is 0 Å². The Balaban J connectivity index is 1.31. The number of hydrogen-bond donors (Lipinski definition) is 1. The van der Waals surface area contributed by atoms with Crippen LogP contribution >= 0.6 is 0 Å². The lowest BCUT2D eigenvalue weighted by Gasteiger charge is -2.35. The summed E-state index contributed by atoms with van der Waals surface area (Å²) in [5, 5.41) is 3.12. The zero-order chi connectivity index (χ0) is 24.9. The number of benzene rings is 3. The van der Waals surface area contributed by atoms with Crippen LogP contribution in [0.1, 0.15) is 49.6 Å². The van der Waals surface area contributed by atoms with Gasteiger partial charge in [-0.05, 0) is 47.0 Å². The highest BCUT2D eigenvalue weighted by atomic mass is 16.5. The molecule has 5 rings (SSSR count). The van der Waals surface area contributed by atoms with Crippen molar-refractivity contribution in [1.82, 2.24) is 10.2 Å². The molecule has 2 heterocycles. The summed E-state index contributed by atoms with van der Waals surface area (Å²) < 4.78 is 16.5. The Morgan fingerprint density at radius 3 is 2.53 bits per heavy atom. The molecule has 7 heteroatoms. The van der Waals surface area contributed by atoms with Crippen molar-refractivity contribution in [2.75, 3.05) is 40.0 Å². The summed E-state index contributed by atoms with van der Waals surface area (Å²) in [6.45, 7) is 3.40. The van der Waals surface area contributed by atoms with Crippen molar-refractivity contribution in [3.05, 3.63) is 101 Å². The summed E-state index contributed by atoms with van der Waals surface area (Å²) in [6, 6.07) is 22.9. The first-order chi connectivity index (χ1) is 17.6. The highest BCUT2D eigenvalue weighted by Gasteiger charge is 2.29. The van der Waals surface area contributed by atoms with Crippen molar-refractivity contribution < 1.29 is 23.8 Å². The first kappa shape index (κ1) is 24.0. The van der Waals surface area contributed by atoms with Gasteiger partial charge in [0, 0.05) is 31.6 Å². The first-order valence-corrected chi connectivity index (χ1v) is 12.2. The van der Waals surface area contributed by atoms with Gasteiger partial charge in [0.2, 0.25) is 0 Å². The van der Waals surface area contributed by atoms with E-state index in [9.17, 15) is 9.59 Å². The number of ether oxygens (including phenoxy) is 3. The van der Waals surface area contributed by atoms with Crippen molar-refractivity contribution in [3.63, 3.8) is 0 Å². The third-order valence-electron chi connectivity index (χ3n) is 6.86. The largest absolute Gasteiger partial charge is 0.497 e. The number of carbonyl (C=O) groups is 2. The molecule has 7 nitrogen and oxygen atoms in total. The van der Waals surface area contributed by atoms with Gasteiger partial charge in [0.1, 0.15) is 11.9 Å². The van der Waals surface area contributed by atoms with Gasteiger partial charge >= 0.3 is 5.97 Å². The molecule has 0 bridgehead atoms. The van der Waals surface area contributed by atoms with Crippen LogP contribution in [-0.4, -0.2) is 56.7 Å². The molecular formula is C29H30N2O5. The number of esters is 1. The molecule has 0 radical (unpaired) electrons. The second-order valence-electron chi connectivity index (χ2n) is 9.03. The molecule has 3 aromatic carbocycles. The van der Waals surface area contributed by atoms with Crippen LogP contribution in [0.3, 0.4) is 0 Å². The monoisotopic (exact) mass is 486 g/mol. The molecule has 0 unspecified atom stereocenters. The standard InChI is InChI=1S/C29H30N2O5/c1-34-24-10-7-20(8-11-24)26(31-13-15-35-16-14-31)19-30-28(32)22-9-12-25-23(17-22)18-27(36-29(25)33)21-5-3-2-4-6-21/h2-12,17,26-27H,13-16,18-19H2,1H3,(H,30,32)/t26-,27-/m1/s1. The number of nitrogens with zero attached hydrogens (tertiary/aromatic N) is 1. The van der Waals surface area contributed by atoms with Crippen molar-refractivity contribution in [1.29, 1.82) is 0 Å². The number of rotatable bonds is 7. The second-order valence-corrected chi connectivity index (χ2v) is 9.03. The van der Waals surface area contributed by atoms with Gasteiger partial charge in [0.25, 0.3) is 5.91 Å². The third kappa shape index (κ3) is 5.27. The van der Waals surface area contributed by atoms with Crippen LogP contribution < -0.4 is 10.1 Å². The first-order valence-electron chi connectivity index (χ1n) is 12.2. The summed E-state index contributed by atoms with van der Waals surface area (Å²) in [6.07, 6.45) is 0.180. The minimum atomic E-state index is -0.357. The summed E-state index contributed by atoms with van der Waals surface area (Å²) >= 11 is 0. The van der Waals surface area contributed by atoms with Gasteiger partial charge in [0.05, 0.1) is 31.9 Å². The van der Waals surface area contributed by atoms with Crippen LogP contribution in [0.15, 0.2) is 72.8 Å². The quantitative estimate of drug-likeness (QED) is 0.510. The van der Waals surface area contributed by atoms with Gasteiger partial charge < -0.3 is 19.5 Å². The summed E-state index contributed by atoms with van der Waals surface area (Å²) in [7, 11) is 1.65. The van der Waals surface area contributed by atoms with Gasteiger partial charge in [-0.25, -0.2) is 4.79 Å². The number of carbonyl (C=O) groups excluding carboxylic acids is 2. The lowest BCUT2D eigenvalue weighted by molar-refractivity contribution is 0.0162. The van der Waals surface area contributed by atoms with Crippen molar-refractivity contribution >= 4 is 11.9 Å². The molecule has 1 saturated heterocycles. The van der Waals surface area contributed by atoms with E-state index in [-0.39, 0.29) is 24.0 Å². The van der Waals surface area contributed by atoms with Crippen molar-refractivity contribution in [3.8, 4) is 5.75 Å². The number of nitrogens with one attached hydrogen (secondary N) is 1. The molecule has 2 atom stereocenters. The minimum Gasteiger partial charge on any atom is -0.497 e. The van der Waals surface area contributed by atoms with Crippen LogP contribution in [-0.2, 0) is 15.9 Å². The molecule has 1 fully saturated rings. The molecule has 0 aliphatic carbocycles. The van der Waals surface area contributed by atoms with E-state index in [1.807, 2.05) is 60.7 Å². The molecule has 3 aromatic rings. The average molecular weight is 487 g/mol. The van der Waals surface area contributed by atoms with Gasteiger partial charge in [-0.3, -0.25) is 9.69 Å². The number of amides is 1. The molecule has 36 heavy (non-hydrogen) atoms. The summed E-state index contributed by atoms with van der Waals surface area (Å²) in [5.74, 6) is 0.272. The molecule has 0 aromatic heterocycles. The maximum Gasteiger partial charge on any atom is 0.339 e. The second kappa shape index (κ2) is 10.9. The SMILES string of the molecule is COc1ccc([C@@H](CNC(=O)c2ccc3c(c2)C[C@H](c2ccccc2)OC3=O)N2CCOCC2)cc1. The van der Waals surface area contributed by atoms with E-state index >= 15 is 0 Å². The smallest absolute Gasteiger partial charge is 0.339 e. The topological polar surface area (TPSA) is 77.1 Å². The van der Waals surface area contributed by atoms with Crippen LogP contribution in [0.2, 0.25) is 0 Å². The fourth-order valence-electron chi connectivity index (χ4n) is 4.86. The van der Waals surface area contributed by atoms with Gasteiger partial charge in [0.15, 0.2) is 0 Å². The van der Waals surface area contributed by atoms with Crippen LogP contribution in [0.5, 0.6) is 5.75 Å². The van der Waals surface area contributed by atoms with E-state index in [1.165, 1.54) is 0 Å². The Bertz CT molecular complexity index is 1210. The Hall–Kier alpha value is -3.68. The van der Waals surface area contributed by atoms with E-state index < -0.39 is 0 Å². The highest BCUT2D eigenvalue weighted by molar-refractivity contribution is 5.97. The minimum absolute atomic E-state index is 0.0128. The van der Waals surface area contributed by atoms with Crippen molar-refractivity contribution in [2.24, 2.45) is 0 Å². The molecule has 2 aliphatic heterocycles. The average Bonchev–Trinajstić information content (AvgIpc) is 2.94. The Labute approximate surface area is 211 Å². The molecule has 0 spiro atoms. The molecule has 186 valence electrons. The maximum atomic E-state index is 13.2. The zero-order valence-electron chi connectivity index (χ0n) is 20.3. The predicted octanol–water partition coefficient (Wildman–Crippen LogP) is 3.95. The summed E-state index contributed by atoms with van der Waals surface area (Å²) in [4.78, 5) is 28.1. The molecule has 0 saturated carbocycles.